The second-order valence-electron chi connectivity index (χ2n) is 8.70. The highest BCUT2D eigenvalue weighted by Gasteiger charge is 2.29. The van der Waals surface area contributed by atoms with E-state index < -0.39 is 0 Å². The first kappa shape index (κ1) is 18.0. The van der Waals surface area contributed by atoms with E-state index in [1.807, 2.05) is 0 Å². The molecule has 0 heterocycles. The van der Waals surface area contributed by atoms with Gasteiger partial charge in [-0.15, -0.1) is 0 Å². The van der Waals surface area contributed by atoms with Crippen molar-refractivity contribution in [3.8, 4) is 0 Å². The third-order valence-corrected chi connectivity index (χ3v) is 4.23. The molecule has 0 aliphatic heterocycles. The van der Waals surface area contributed by atoms with Crippen LogP contribution < -0.4 is 0 Å². The van der Waals surface area contributed by atoms with Crippen LogP contribution in [0, 0.1) is 22.7 Å². The van der Waals surface area contributed by atoms with Crippen molar-refractivity contribution in [2.24, 2.45) is 22.7 Å². The van der Waals surface area contributed by atoms with Gasteiger partial charge in [-0.1, -0.05) is 85.8 Å². The molecule has 21 heavy (non-hydrogen) atoms. The van der Waals surface area contributed by atoms with Gasteiger partial charge in [-0.05, 0) is 46.3 Å². The van der Waals surface area contributed by atoms with Crippen molar-refractivity contribution in [3.05, 3.63) is 47.1 Å². The molecule has 0 fully saturated rings. The fourth-order valence-corrected chi connectivity index (χ4v) is 2.72. The normalized spacial score (nSPS) is 26.8. The Balaban J connectivity index is 3.08. The van der Waals surface area contributed by atoms with Crippen LogP contribution >= 0.6 is 0 Å². The number of hydrogen-bond acceptors (Lipinski definition) is 0. The molecule has 2 unspecified atom stereocenters. The SMILES string of the molecule is CC1=C(/C=C/C(C)(C)C)C(C)C(C)/C1=C\C=C\C(C)(C)C. The molecule has 0 N–H and O–H groups in total. The van der Waals surface area contributed by atoms with Crippen molar-refractivity contribution >= 4 is 0 Å². The Kier molecular flexibility index (Phi) is 5.47. The minimum Gasteiger partial charge on any atom is -0.0791 e. The van der Waals surface area contributed by atoms with Gasteiger partial charge in [-0.25, -0.2) is 0 Å². The summed E-state index contributed by atoms with van der Waals surface area (Å²) in [6.07, 6.45) is 11.5. The van der Waals surface area contributed by atoms with Crippen molar-refractivity contribution in [3.63, 3.8) is 0 Å². The Morgan fingerprint density at radius 3 is 1.81 bits per heavy atom. The van der Waals surface area contributed by atoms with Crippen LogP contribution in [-0.2, 0) is 0 Å². The molecule has 0 aromatic carbocycles. The van der Waals surface area contributed by atoms with Gasteiger partial charge in [0.25, 0.3) is 0 Å². The summed E-state index contributed by atoms with van der Waals surface area (Å²) in [7, 11) is 0. The van der Waals surface area contributed by atoms with Gasteiger partial charge >= 0.3 is 0 Å². The first-order chi connectivity index (χ1) is 9.42. The van der Waals surface area contributed by atoms with Gasteiger partial charge in [0, 0.05) is 0 Å². The molecule has 0 nitrogen and oxygen atoms in total. The summed E-state index contributed by atoms with van der Waals surface area (Å²) in [6, 6.07) is 0. The minimum atomic E-state index is 0.245. The van der Waals surface area contributed by atoms with Gasteiger partial charge in [-0.2, -0.15) is 0 Å². The summed E-state index contributed by atoms with van der Waals surface area (Å²) in [4.78, 5) is 0. The molecule has 1 aliphatic rings. The lowest BCUT2D eigenvalue weighted by Crippen LogP contribution is -2.05. The molecule has 0 heteroatoms. The molecule has 0 bridgehead atoms. The van der Waals surface area contributed by atoms with Gasteiger partial charge < -0.3 is 0 Å². The maximum atomic E-state index is 2.35. The number of hydrogen-bond donors (Lipinski definition) is 0. The van der Waals surface area contributed by atoms with Crippen LogP contribution in [-0.4, -0.2) is 0 Å². The zero-order chi connectivity index (χ0) is 16.4. The highest BCUT2D eigenvalue weighted by molar-refractivity contribution is 5.49. The maximum Gasteiger partial charge on any atom is -0.0121 e. The third-order valence-electron chi connectivity index (χ3n) is 4.23. The van der Waals surface area contributed by atoms with E-state index in [0.717, 1.165) is 0 Å². The first-order valence-electron chi connectivity index (χ1n) is 8.22. The Bertz CT molecular complexity index is 481. The quantitative estimate of drug-likeness (QED) is 0.528. The summed E-state index contributed by atoms with van der Waals surface area (Å²) >= 11 is 0. The van der Waals surface area contributed by atoms with Crippen LogP contribution in [0.5, 0.6) is 0 Å². The van der Waals surface area contributed by atoms with Crippen molar-refractivity contribution in [2.45, 2.75) is 62.3 Å². The van der Waals surface area contributed by atoms with Gasteiger partial charge in [0.2, 0.25) is 0 Å². The van der Waals surface area contributed by atoms with E-state index in [1.54, 1.807) is 0 Å². The van der Waals surface area contributed by atoms with E-state index in [2.05, 4.69) is 92.7 Å². The fourth-order valence-electron chi connectivity index (χ4n) is 2.72. The van der Waals surface area contributed by atoms with Gasteiger partial charge in [-0.3, -0.25) is 0 Å². The van der Waals surface area contributed by atoms with E-state index in [9.17, 15) is 0 Å². The van der Waals surface area contributed by atoms with Gasteiger partial charge in [0.1, 0.15) is 0 Å². The second-order valence-corrected chi connectivity index (χ2v) is 8.70. The van der Waals surface area contributed by atoms with Crippen molar-refractivity contribution in [1.82, 2.24) is 0 Å². The summed E-state index contributed by atoms with van der Waals surface area (Å²) in [5.41, 5.74) is 4.96. The molecule has 0 aromatic heterocycles. The van der Waals surface area contributed by atoms with Crippen LogP contribution in [0.4, 0.5) is 0 Å². The average molecular weight is 287 g/mol. The van der Waals surface area contributed by atoms with Crippen LogP contribution in [0.2, 0.25) is 0 Å². The fraction of sp³-hybridized carbons (Fsp3) is 0.619. The molecule has 0 spiro atoms. The van der Waals surface area contributed by atoms with Crippen LogP contribution in [0.25, 0.3) is 0 Å². The van der Waals surface area contributed by atoms with Crippen LogP contribution in [0.1, 0.15) is 62.3 Å². The Labute approximate surface area is 132 Å². The Hall–Kier alpha value is -1.04. The molecular weight excluding hydrogens is 252 g/mol. The Morgan fingerprint density at radius 2 is 1.33 bits per heavy atom. The molecular formula is C21H34. The monoisotopic (exact) mass is 286 g/mol. The first-order valence-corrected chi connectivity index (χ1v) is 8.22. The summed E-state index contributed by atoms with van der Waals surface area (Å²) < 4.78 is 0. The van der Waals surface area contributed by atoms with Crippen LogP contribution in [0.3, 0.4) is 0 Å². The van der Waals surface area contributed by atoms with E-state index in [0.29, 0.717) is 11.8 Å². The molecule has 0 saturated heterocycles. The maximum absolute atomic E-state index is 2.35. The van der Waals surface area contributed by atoms with E-state index in [1.165, 1.54) is 16.7 Å². The summed E-state index contributed by atoms with van der Waals surface area (Å²) in [6.45, 7) is 20.5. The lowest BCUT2D eigenvalue weighted by molar-refractivity contribution is 0.532. The zero-order valence-corrected chi connectivity index (χ0v) is 15.5. The molecule has 2 atom stereocenters. The van der Waals surface area contributed by atoms with Gasteiger partial charge in [0.15, 0.2) is 0 Å². The van der Waals surface area contributed by atoms with Gasteiger partial charge in [0.05, 0.1) is 0 Å². The van der Waals surface area contributed by atoms with E-state index in [4.69, 9.17) is 0 Å². The molecule has 0 aromatic rings. The van der Waals surface area contributed by atoms with E-state index >= 15 is 0 Å². The molecule has 1 rings (SSSR count). The molecule has 0 radical (unpaired) electrons. The van der Waals surface area contributed by atoms with Crippen LogP contribution in [0.15, 0.2) is 47.1 Å². The molecule has 1 aliphatic carbocycles. The van der Waals surface area contributed by atoms with Crippen molar-refractivity contribution in [1.29, 1.82) is 0 Å². The summed E-state index contributed by atoms with van der Waals surface area (Å²) in [5.74, 6) is 1.21. The number of rotatable bonds is 2. The Morgan fingerprint density at radius 1 is 0.810 bits per heavy atom. The lowest BCUT2D eigenvalue weighted by atomic mass is 9.90. The molecule has 0 amide bonds. The smallest absolute Gasteiger partial charge is 0.0121 e. The second kappa shape index (κ2) is 6.38. The predicted octanol–water partition coefficient (Wildman–Crippen LogP) is 6.72. The highest BCUT2D eigenvalue weighted by atomic mass is 14.3. The van der Waals surface area contributed by atoms with E-state index in [-0.39, 0.29) is 10.8 Å². The predicted molar refractivity (Wildman–Crippen MR) is 96.3 cm³/mol. The standard InChI is InChI=1S/C21H34/c1-15-16(2)19(12-14-21(7,8)9)17(3)18(15)11-10-13-20(4,5)6/h10-16H,1-9H3/b13-10+,14-12+,18-11+. The molecule has 118 valence electrons. The lowest BCUT2D eigenvalue weighted by Gasteiger charge is -2.15. The minimum absolute atomic E-state index is 0.245. The summed E-state index contributed by atoms with van der Waals surface area (Å²) in [5, 5.41) is 0. The largest absolute Gasteiger partial charge is 0.0791 e. The third kappa shape index (κ3) is 5.34. The van der Waals surface area contributed by atoms with Crippen molar-refractivity contribution < 1.29 is 0 Å². The zero-order valence-electron chi connectivity index (χ0n) is 15.5. The highest BCUT2D eigenvalue weighted by Crippen LogP contribution is 2.42. The number of allylic oxidation sites excluding steroid dienone is 8. The average Bonchev–Trinajstić information content (AvgIpc) is 2.48. The molecule has 0 saturated carbocycles. The topological polar surface area (TPSA) is 0 Å². The van der Waals surface area contributed by atoms with Crippen molar-refractivity contribution in [2.75, 3.05) is 0 Å².